The third-order valence-corrected chi connectivity index (χ3v) is 7.57. The summed E-state index contributed by atoms with van der Waals surface area (Å²) in [7, 11) is 0. The lowest BCUT2D eigenvalue weighted by atomic mass is 9.88. The van der Waals surface area contributed by atoms with Gasteiger partial charge < -0.3 is 10.6 Å². The fourth-order valence-electron chi connectivity index (χ4n) is 3.83. The summed E-state index contributed by atoms with van der Waals surface area (Å²) in [5, 5.41) is 9.06. The van der Waals surface area contributed by atoms with Crippen LogP contribution >= 0.6 is 11.3 Å². The number of hydrogen-bond acceptors (Lipinski definition) is 5. The first-order valence-electron chi connectivity index (χ1n) is 12.4. The predicted molar refractivity (Wildman–Crippen MR) is 153 cm³/mol. The Kier molecular flexibility index (Phi) is 8.27. The van der Waals surface area contributed by atoms with Gasteiger partial charge in [0.1, 0.15) is 0 Å². The Morgan fingerprint density at radius 2 is 1.87 bits per heavy atom. The number of rotatable bonds is 9. The Bertz CT molecular complexity index is 1520. The smallest absolute Gasteiger partial charge is 0.272 e. The average molecular weight is 552 g/mol. The zero-order valence-corrected chi connectivity index (χ0v) is 23.0. The van der Waals surface area contributed by atoms with Gasteiger partial charge in [-0.25, -0.2) is 13.8 Å². The molecule has 1 atom stereocenters. The summed E-state index contributed by atoms with van der Waals surface area (Å²) in [6.07, 6.45) is -1.47. The lowest BCUT2D eigenvalue weighted by Gasteiger charge is -2.28. The molecule has 4 rings (SSSR count). The molecule has 0 aliphatic rings. The first-order valence-corrected chi connectivity index (χ1v) is 13.3. The summed E-state index contributed by atoms with van der Waals surface area (Å²) < 4.78 is 27.9. The molecule has 2 aromatic heterocycles. The van der Waals surface area contributed by atoms with E-state index in [4.69, 9.17) is 4.98 Å². The molecule has 204 valence electrons. The van der Waals surface area contributed by atoms with Gasteiger partial charge in [-0.3, -0.25) is 19.5 Å². The number of carbonyl (C=O) groups is 2. The van der Waals surface area contributed by atoms with Crippen LogP contribution in [0.2, 0.25) is 0 Å². The van der Waals surface area contributed by atoms with Crippen molar-refractivity contribution in [2.45, 2.75) is 46.7 Å². The van der Waals surface area contributed by atoms with E-state index in [0.29, 0.717) is 23.4 Å². The van der Waals surface area contributed by atoms with Crippen LogP contribution in [0.5, 0.6) is 0 Å². The van der Waals surface area contributed by atoms with Crippen molar-refractivity contribution in [1.82, 2.24) is 14.9 Å². The average Bonchev–Trinajstić information content (AvgIpc) is 3.52. The van der Waals surface area contributed by atoms with Crippen LogP contribution in [0.1, 0.15) is 54.2 Å². The van der Waals surface area contributed by atoms with Crippen molar-refractivity contribution >= 4 is 45.8 Å². The van der Waals surface area contributed by atoms with E-state index < -0.39 is 12.3 Å². The number of anilines is 2. The molecule has 7 nitrogen and oxygen atoms in total. The third-order valence-electron chi connectivity index (χ3n) is 6.48. The highest BCUT2D eigenvalue weighted by Gasteiger charge is 2.21. The molecule has 4 aromatic rings. The molecule has 0 saturated heterocycles. The third kappa shape index (κ3) is 6.58. The zero-order chi connectivity index (χ0) is 28.3. The zero-order valence-electron chi connectivity index (χ0n) is 22.2. The van der Waals surface area contributed by atoms with Gasteiger partial charge >= 0.3 is 0 Å². The molecule has 10 heteroatoms. The van der Waals surface area contributed by atoms with Crippen LogP contribution in [0.4, 0.5) is 20.4 Å². The van der Waals surface area contributed by atoms with E-state index in [1.807, 2.05) is 24.3 Å². The minimum Gasteiger partial charge on any atom is -0.322 e. The van der Waals surface area contributed by atoms with E-state index in [1.165, 1.54) is 18.2 Å². The molecule has 2 aromatic carbocycles. The minimum absolute atomic E-state index is 0.0984. The Morgan fingerprint density at radius 3 is 2.54 bits per heavy atom. The SMILES string of the molecule is C=CC(=O)Nc1cccc(-n2c(NC(=O)c3ccc(C(F)F)s3)nc3cc(CN[C@H](C)C(C)(C)C)ccc32)c1. The lowest BCUT2D eigenvalue weighted by Crippen LogP contribution is -2.37. The topological polar surface area (TPSA) is 88.1 Å². The van der Waals surface area contributed by atoms with E-state index in [0.717, 1.165) is 22.4 Å². The lowest BCUT2D eigenvalue weighted by molar-refractivity contribution is -0.111. The number of nitrogens with one attached hydrogen (secondary N) is 3. The molecule has 0 unspecified atom stereocenters. The molecular weight excluding hydrogens is 520 g/mol. The highest BCUT2D eigenvalue weighted by molar-refractivity contribution is 7.14. The Hall–Kier alpha value is -3.89. The molecule has 0 saturated carbocycles. The standard InChI is InChI=1S/C29H31F2N5O2S/c1-6-25(37)33-19-8-7-9-20(15-19)36-22-11-10-18(16-32-17(2)29(3,4)5)14-21(22)34-28(36)35-27(38)24-13-12-23(39-24)26(30)31/h6-15,17,26,32H,1,16H2,2-5H3,(H,33,37)(H,34,35,38)/t17-/m1/s1. The molecule has 0 bridgehead atoms. The van der Waals surface area contributed by atoms with Gasteiger partial charge in [-0.1, -0.05) is 39.5 Å². The number of hydrogen-bond donors (Lipinski definition) is 3. The highest BCUT2D eigenvalue weighted by atomic mass is 32.1. The van der Waals surface area contributed by atoms with E-state index >= 15 is 0 Å². The number of benzene rings is 2. The largest absolute Gasteiger partial charge is 0.322 e. The monoisotopic (exact) mass is 551 g/mol. The summed E-state index contributed by atoms with van der Waals surface area (Å²) in [4.78, 5) is 29.5. The van der Waals surface area contributed by atoms with Gasteiger partial charge in [-0.05, 0) is 66.4 Å². The molecule has 3 N–H and O–H groups in total. The molecule has 0 radical (unpaired) electrons. The van der Waals surface area contributed by atoms with Crippen molar-refractivity contribution in [3.63, 3.8) is 0 Å². The van der Waals surface area contributed by atoms with E-state index in [1.54, 1.807) is 22.8 Å². The molecule has 0 aliphatic heterocycles. The van der Waals surface area contributed by atoms with E-state index in [9.17, 15) is 18.4 Å². The summed E-state index contributed by atoms with van der Waals surface area (Å²) in [6, 6.07) is 15.8. The van der Waals surface area contributed by atoms with Crippen molar-refractivity contribution in [3.05, 3.63) is 82.6 Å². The van der Waals surface area contributed by atoms with Gasteiger partial charge in [0.2, 0.25) is 11.9 Å². The summed E-state index contributed by atoms with van der Waals surface area (Å²) in [6.45, 7) is 12.8. The van der Waals surface area contributed by atoms with Crippen molar-refractivity contribution in [1.29, 1.82) is 0 Å². The van der Waals surface area contributed by atoms with Crippen LogP contribution in [-0.4, -0.2) is 27.4 Å². The number of nitrogens with zero attached hydrogens (tertiary/aromatic N) is 2. The van der Waals surface area contributed by atoms with Crippen LogP contribution < -0.4 is 16.0 Å². The molecule has 2 amide bonds. The first-order chi connectivity index (χ1) is 18.5. The van der Waals surface area contributed by atoms with E-state index in [-0.39, 0.29) is 33.1 Å². The highest BCUT2D eigenvalue weighted by Crippen LogP contribution is 2.30. The van der Waals surface area contributed by atoms with Crippen molar-refractivity contribution in [2.75, 3.05) is 10.6 Å². The number of halogens is 2. The first kappa shape index (κ1) is 28.1. The number of thiophene rings is 1. The van der Waals surface area contributed by atoms with Gasteiger partial charge in [0, 0.05) is 18.3 Å². The van der Waals surface area contributed by atoms with Crippen LogP contribution in [0, 0.1) is 5.41 Å². The molecule has 0 aliphatic carbocycles. The second kappa shape index (κ2) is 11.5. The van der Waals surface area contributed by atoms with Crippen molar-refractivity contribution in [2.24, 2.45) is 5.41 Å². The van der Waals surface area contributed by atoms with E-state index in [2.05, 4.69) is 50.2 Å². The fourth-order valence-corrected chi connectivity index (χ4v) is 4.59. The maximum Gasteiger partial charge on any atom is 0.272 e. The number of imidazole rings is 1. The fraction of sp³-hybridized carbons (Fsp3) is 0.276. The Morgan fingerprint density at radius 1 is 1.10 bits per heavy atom. The van der Waals surface area contributed by atoms with Crippen molar-refractivity contribution in [3.8, 4) is 5.69 Å². The number of amides is 2. The van der Waals surface area contributed by atoms with Gasteiger partial charge in [0.05, 0.1) is 26.5 Å². The van der Waals surface area contributed by atoms with Gasteiger partial charge in [0.15, 0.2) is 0 Å². The summed E-state index contributed by atoms with van der Waals surface area (Å²) >= 11 is 0.738. The maximum atomic E-state index is 13.1. The van der Waals surface area contributed by atoms with Gasteiger partial charge in [0.25, 0.3) is 12.3 Å². The molecular formula is C29H31F2N5O2S. The van der Waals surface area contributed by atoms with Crippen LogP contribution in [-0.2, 0) is 11.3 Å². The number of carbonyl (C=O) groups excluding carboxylic acids is 2. The molecule has 2 heterocycles. The summed E-state index contributed by atoms with van der Waals surface area (Å²) in [5.74, 6) is -0.673. The maximum absolute atomic E-state index is 13.1. The van der Waals surface area contributed by atoms with Gasteiger partial charge in [-0.2, -0.15) is 0 Å². The predicted octanol–water partition coefficient (Wildman–Crippen LogP) is 6.93. The molecule has 39 heavy (non-hydrogen) atoms. The van der Waals surface area contributed by atoms with Crippen molar-refractivity contribution < 1.29 is 18.4 Å². The van der Waals surface area contributed by atoms with Crippen LogP contribution in [0.25, 0.3) is 16.7 Å². The second-order valence-corrected chi connectivity index (χ2v) is 11.4. The van der Waals surface area contributed by atoms with Gasteiger partial charge in [-0.15, -0.1) is 11.3 Å². The Labute approximate surface area is 229 Å². The van der Waals surface area contributed by atoms with Crippen LogP contribution in [0.15, 0.2) is 67.3 Å². The van der Waals surface area contributed by atoms with Crippen LogP contribution in [0.3, 0.4) is 0 Å². The number of alkyl halides is 2. The Balaban J connectivity index is 1.73. The number of aromatic nitrogens is 2. The summed E-state index contributed by atoms with van der Waals surface area (Å²) in [5.41, 5.74) is 3.67. The second-order valence-electron chi connectivity index (χ2n) is 10.3. The molecule has 0 spiro atoms. The quantitative estimate of drug-likeness (QED) is 0.197. The normalized spacial score (nSPS) is 12.5. The minimum atomic E-state index is -2.65. The number of fused-ring (bicyclic) bond motifs is 1. The molecule has 0 fully saturated rings.